The van der Waals surface area contributed by atoms with E-state index in [2.05, 4.69) is 15.5 Å². The van der Waals surface area contributed by atoms with Crippen LogP contribution < -0.4 is 10.2 Å². The maximum atomic E-state index is 6.04. The lowest BCUT2D eigenvalue weighted by molar-refractivity contribution is -0.0169. The molecule has 26 heavy (non-hydrogen) atoms. The van der Waals surface area contributed by atoms with Crippen LogP contribution in [0.25, 0.3) is 11.3 Å². The molecule has 2 heterocycles. The van der Waals surface area contributed by atoms with Crippen molar-refractivity contribution in [1.82, 2.24) is 4.98 Å². The summed E-state index contributed by atoms with van der Waals surface area (Å²) in [5, 5.41) is 7.04. The highest BCUT2D eigenvalue weighted by Crippen LogP contribution is 2.30. The number of nitrogens with one attached hydrogen (secondary N) is 1. The second-order valence-corrected chi connectivity index (χ2v) is 6.81. The highest BCUT2D eigenvalue weighted by molar-refractivity contribution is 7.14. The predicted molar refractivity (Wildman–Crippen MR) is 105 cm³/mol. The van der Waals surface area contributed by atoms with Gasteiger partial charge in [-0.05, 0) is 17.7 Å². The largest absolute Gasteiger partial charge is 0.467 e. The number of thiazole rings is 1. The van der Waals surface area contributed by atoms with E-state index in [9.17, 15) is 0 Å². The Kier molecular flexibility index (Phi) is 5.15. The molecule has 1 N–H and O–H groups in total. The lowest BCUT2D eigenvalue weighted by Crippen LogP contribution is -2.13. The van der Waals surface area contributed by atoms with E-state index in [1.165, 1.54) is 11.3 Å². The third-order valence-corrected chi connectivity index (χ3v) is 4.94. The van der Waals surface area contributed by atoms with Gasteiger partial charge in [-0.3, -0.25) is 5.43 Å². The Labute approximate surface area is 160 Å². The molecule has 1 aromatic heterocycles. The van der Waals surface area contributed by atoms with Crippen LogP contribution in [0.15, 0.2) is 52.9 Å². The zero-order valence-corrected chi connectivity index (χ0v) is 15.4. The summed E-state index contributed by atoms with van der Waals surface area (Å²) in [5.74, 6) is 1.20. The lowest BCUT2D eigenvalue weighted by atomic mass is 10.1. The summed E-state index contributed by atoms with van der Waals surface area (Å²) in [6.07, 6.45) is 1.74. The standard InChI is InChI=1S/C19H16ClN3O2S/c20-8-15-6-13(7-16-10-24-12-25-18(15)16)9-21-23-19-22-17(11-26-19)14-4-2-1-3-5-14/h1-7,9,11H,8,10,12H2,(H,22,23). The van der Waals surface area contributed by atoms with Gasteiger partial charge in [-0.25, -0.2) is 4.98 Å². The number of hydrogen-bond donors (Lipinski definition) is 1. The summed E-state index contributed by atoms with van der Waals surface area (Å²) in [7, 11) is 0. The number of benzene rings is 2. The number of anilines is 1. The first-order valence-corrected chi connectivity index (χ1v) is 9.47. The van der Waals surface area contributed by atoms with Crippen molar-refractivity contribution < 1.29 is 9.47 Å². The number of ether oxygens (including phenoxy) is 2. The molecule has 5 nitrogen and oxygen atoms in total. The third-order valence-electron chi connectivity index (χ3n) is 3.90. The minimum Gasteiger partial charge on any atom is -0.467 e. The first kappa shape index (κ1) is 17.0. The van der Waals surface area contributed by atoms with Gasteiger partial charge in [0.1, 0.15) is 5.75 Å². The molecule has 0 amide bonds. The van der Waals surface area contributed by atoms with Gasteiger partial charge in [-0.1, -0.05) is 30.3 Å². The van der Waals surface area contributed by atoms with E-state index in [0.717, 1.165) is 38.8 Å². The van der Waals surface area contributed by atoms with Crippen molar-refractivity contribution in [3.63, 3.8) is 0 Å². The normalized spacial score (nSPS) is 13.4. The van der Waals surface area contributed by atoms with E-state index < -0.39 is 0 Å². The number of hydrazone groups is 1. The molecule has 4 rings (SSSR count). The molecule has 3 aromatic rings. The average Bonchev–Trinajstić information content (AvgIpc) is 3.17. The Morgan fingerprint density at radius 3 is 3.00 bits per heavy atom. The number of fused-ring (bicyclic) bond motifs is 1. The van der Waals surface area contributed by atoms with Gasteiger partial charge in [0.25, 0.3) is 0 Å². The highest BCUT2D eigenvalue weighted by atomic mass is 35.5. The van der Waals surface area contributed by atoms with Crippen LogP contribution in [0.3, 0.4) is 0 Å². The third kappa shape index (κ3) is 3.72. The number of rotatable bonds is 5. The fourth-order valence-corrected chi connectivity index (χ4v) is 3.60. The number of hydrogen-bond acceptors (Lipinski definition) is 6. The lowest BCUT2D eigenvalue weighted by Gasteiger charge is -2.20. The predicted octanol–water partition coefficient (Wildman–Crippen LogP) is 4.86. The SMILES string of the molecule is ClCc1cc(C=NNc2nc(-c3ccccc3)cs2)cc2c1OCOC2. The van der Waals surface area contributed by atoms with Crippen molar-refractivity contribution in [2.24, 2.45) is 5.10 Å². The molecule has 1 aliphatic rings. The highest BCUT2D eigenvalue weighted by Gasteiger charge is 2.15. The van der Waals surface area contributed by atoms with Crippen LogP contribution in [0.1, 0.15) is 16.7 Å². The molecule has 2 aromatic carbocycles. The average molecular weight is 386 g/mol. The molecule has 1 aliphatic heterocycles. The molecule has 0 aliphatic carbocycles. The second kappa shape index (κ2) is 7.86. The molecule has 0 unspecified atom stereocenters. The Bertz CT molecular complexity index is 911. The van der Waals surface area contributed by atoms with E-state index in [4.69, 9.17) is 21.1 Å². The van der Waals surface area contributed by atoms with Gasteiger partial charge >= 0.3 is 0 Å². The van der Waals surface area contributed by atoms with Crippen LogP contribution in [0.5, 0.6) is 5.75 Å². The van der Waals surface area contributed by atoms with E-state index in [1.807, 2.05) is 47.8 Å². The van der Waals surface area contributed by atoms with Crippen LogP contribution in [-0.4, -0.2) is 18.0 Å². The molecule has 132 valence electrons. The van der Waals surface area contributed by atoms with Crippen molar-refractivity contribution in [3.8, 4) is 17.0 Å². The molecule has 7 heteroatoms. The Balaban J connectivity index is 1.48. The van der Waals surface area contributed by atoms with Crippen LogP contribution in [0.4, 0.5) is 5.13 Å². The molecular weight excluding hydrogens is 370 g/mol. The van der Waals surface area contributed by atoms with Crippen LogP contribution in [0, 0.1) is 0 Å². The van der Waals surface area contributed by atoms with Crippen LogP contribution in [0.2, 0.25) is 0 Å². The molecule has 0 radical (unpaired) electrons. The fraction of sp³-hybridized carbons (Fsp3) is 0.158. The summed E-state index contributed by atoms with van der Waals surface area (Å²) in [6.45, 7) is 0.779. The zero-order valence-electron chi connectivity index (χ0n) is 13.8. The molecule has 0 spiro atoms. The summed E-state index contributed by atoms with van der Waals surface area (Å²) >= 11 is 7.55. The van der Waals surface area contributed by atoms with E-state index in [0.29, 0.717) is 12.5 Å². The topological polar surface area (TPSA) is 55.7 Å². The van der Waals surface area contributed by atoms with Gasteiger partial charge in [-0.15, -0.1) is 22.9 Å². The summed E-state index contributed by atoms with van der Waals surface area (Å²) in [4.78, 5) is 4.55. The molecule has 0 saturated carbocycles. The van der Waals surface area contributed by atoms with Crippen molar-refractivity contribution in [2.75, 3.05) is 12.2 Å². The minimum atomic E-state index is 0.264. The molecule has 0 atom stereocenters. The van der Waals surface area contributed by atoms with Crippen molar-refractivity contribution in [1.29, 1.82) is 0 Å². The van der Waals surface area contributed by atoms with Crippen molar-refractivity contribution >= 4 is 34.3 Å². The molecular formula is C19H16ClN3O2S. The number of halogens is 1. The second-order valence-electron chi connectivity index (χ2n) is 5.69. The maximum absolute atomic E-state index is 6.04. The van der Waals surface area contributed by atoms with Crippen LogP contribution >= 0.6 is 22.9 Å². The molecule has 0 bridgehead atoms. The van der Waals surface area contributed by atoms with Gasteiger partial charge in [-0.2, -0.15) is 5.10 Å². The molecule has 0 saturated heterocycles. The van der Waals surface area contributed by atoms with Gasteiger partial charge in [0.2, 0.25) is 5.13 Å². The van der Waals surface area contributed by atoms with Gasteiger partial charge < -0.3 is 9.47 Å². The monoisotopic (exact) mass is 385 g/mol. The Morgan fingerprint density at radius 1 is 1.27 bits per heavy atom. The first-order valence-electron chi connectivity index (χ1n) is 8.06. The summed E-state index contributed by atoms with van der Waals surface area (Å²) < 4.78 is 10.9. The van der Waals surface area contributed by atoms with E-state index >= 15 is 0 Å². The van der Waals surface area contributed by atoms with Gasteiger partial charge in [0.15, 0.2) is 6.79 Å². The van der Waals surface area contributed by atoms with Crippen LogP contribution in [-0.2, 0) is 17.2 Å². The van der Waals surface area contributed by atoms with E-state index in [-0.39, 0.29) is 6.79 Å². The van der Waals surface area contributed by atoms with Gasteiger partial charge in [0, 0.05) is 22.1 Å². The Morgan fingerprint density at radius 2 is 2.15 bits per heavy atom. The molecule has 0 fully saturated rings. The summed E-state index contributed by atoms with van der Waals surface area (Å²) in [5.41, 5.74) is 7.85. The van der Waals surface area contributed by atoms with Crippen molar-refractivity contribution in [3.05, 3.63) is 64.5 Å². The number of alkyl halides is 1. The smallest absolute Gasteiger partial charge is 0.203 e. The number of aromatic nitrogens is 1. The first-order chi connectivity index (χ1) is 12.8. The van der Waals surface area contributed by atoms with Crippen molar-refractivity contribution in [2.45, 2.75) is 12.5 Å². The van der Waals surface area contributed by atoms with E-state index in [1.54, 1.807) is 6.21 Å². The minimum absolute atomic E-state index is 0.264. The summed E-state index contributed by atoms with van der Waals surface area (Å²) in [6, 6.07) is 14.0. The Hall–Kier alpha value is -2.41. The van der Waals surface area contributed by atoms with Gasteiger partial charge in [0.05, 0.1) is 24.4 Å². The number of nitrogens with zero attached hydrogens (tertiary/aromatic N) is 2. The zero-order chi connectivity index (χ0) is 17.8. The quantitative estimate of drug-likeness (QED) is 0.387. The maximum Gasteiger partial charge on any atom is 0.203 e. The fourth-order valence-electron chi connectivity index (χ4n) is 2.73.